The lowest BCUT2D eigenvalue weighted by atomic mass is 10.1. The second-order valence-corrected chi connectivity index (χ2v) is 8.53. The van der Waals surface area contributed by atoms with Crippen molar-refractivity contribution in [3.63, 3.8) is 0 Å². The third-order valence-corrected chi connectivity index (χ3v) is 4.66. The Balaban J connectivity index is 0.00000576. The Morgan fingerprint density at radius 1 is 1.24 bits per heavy atom. The third kappa shape index (κ3) is 10.5. The molecule has 0 aromatic heterocycles. The first-order valence-corrected chi connectivity index (χ1v) is 10.2. The molecule has 0 aliphatic heterocycles. The zero-order valence-electron chi connectivity index (χ0n) is 15.7. The molecule has 0 radical (unpaired) electrons. The number of benzene rings is 1. The van der Waals surface area contributed by atoms with E-state index in [1.807, 2.05) is 21.0 Å². The summed E-state index contributed by atoms with van der Waals surface area (Å²) in [5.41, 5.74) is 2.44. The smallest absolute Gasteiger partial charge is 0.191 e. The van der Waals surface area contributed by atoms with Crippen LogP contribution in [0.5, 0.6) is 0 Å². The molecule has 0 amide bonds. The van der Waals surface area contributed by atoms with Crippen LogP contribution in [-0.4, -0.2) is 60.1 Å². The number of sulfone groups is 1. The lowest BCUT2D eigenvalue weighted by molar-refractivity contribution is 0.581. The number of rotatable bonds is 8. The second kappa shape index (κ2) is 11.6. The van der Waals surface area contributed by atoms with Gasteiger partial charge in [0.25, 0.3) is 0 Å². The van der Waals surface area contributed by atoms with E-state index >= 15 is 0 Å². The van der Waals surface area contributed by atoms with Crippen molar-refractivity contribution in [1.29, 1.82) is 0 Å². The van der Waals surface area contributed by atoms with Crippen LogP contribution in [0.2, 0.25) is 0 Å². The van der Waals surface area contributed by atoms with Gasteiger partial charge in [0.2, 0.25) is 0 Å². The van der Waals surface area contributed by atoms with Crippen molar-refractivity contribution in [3.8, 4) is 0 Å². The quantitative estimate of drug-likeness (QED) is 0.337. The van der Waals surface area contributed by atoms with Crippen molar-refractivity contribution in [2.24, 2.45) is 4.99 Å². The van der Waals surface area contributed by atoms with Crippen LogP contribution in [0, 0.1) is 0 Å². The van der Waals surface area contributed by atoms with Crippen LogP contribution in [0.25, 0.3) is 0 Å². The molecule has 2 N–H and O–H groups in total. The largest absolute Gasteiger partial charge is 0.378 e. The Morgan fingerprint density at radius 3 is 2.32 bits per heavy atom. The van der Waals surface area contributed by atoms with Crippen molar-refractivity contribution in [1.82, 2.24) is 10.6 Å². The van der Waals surface area contributed by atoms with E-state index in [1.54, 1.807) is 7.05 Å². The molecule has 1 unspecified atom stereocenters. The minimum Gasteiger partial charge on any atom is -0.378 e. The zero-order valence-corrected chi connectivity index (χ0v) is 18.9. The second-order valence-electron chi connectivity index (χ2n) is 6.27. The maximum atomic E-state index is 11.2. The van der Waals surface area contributed by atoms with Gasteiger partial charge in [-0.3, -0.25) is 4.99 Å². The SMILES string of the molecule is CN=C(NCCc1ccc(N(C)C)cc1)NC(C)CCS(C)(=O)=O.I. The van der Waals surface area contributed by atoms with Gasteiger partial charge in [-0.15, -0.1) is 24.0 Å². The van der Waals surface area contributed by atoms with Gasteiger partial charge in [-0.25, -0.2) is 8.42 Å². The normalized spacial score (nSPS) is 12.9. The third-order valence-electron chi connectivity index (χ3n) is 3.69. The van der Waals surface area contributed by atoms with Crippen molar-refractivity contribution < 1.29 is 8.42 Å². The molecule has 0 fully saturated rings. The molecule has 0 bridgehead atoms. The number of guanidine groups is 1. The highest BCUT2D eigenvalue weighted by Crippen LogP contribution is 2.12. The van der Waals surface area contributed by atoms with Crippen LogP contribution in [-0.2, 0) is 16.3 Å². The molecule has 1 rings (SSSR count). The summed E-state index contributed by atoms with van der Waals surface area (Å²) in [5.74, 6) is 0.872. The van der Waals surface area contributed by atoms with E-state index in [-0.39, 0.29) is 35.8 Å². The van der Waals surface area contributed by atoms with E-state index in [2.05, 4.69) is 44.8 Å². The minimum absolute atomic E-state index is 0. The molecule has 1 atom stereocenters. The summed E-state index contributed by atoms with van der Waals surface area (Å²) in [5, 5.41) is 6.48. The Labute approximate surface area is 169 Å². The average Bonchev–Trinajstić information content (AvgIpc) is 2.51. The van der Waals surface area contributed by atoms with E-state index in [9.17, 15) is 8.42 Å². The molecule has 0 saturated carbocycles. The van der Waals surface area contributed by atoms with Crippen molar-refractivity contribution >= 4 is 45.5 Å². The summed E-state index contributed by atoms with van der Waals surface area (Å²) in [6, 6.07) is 8.51. The lowest BCUT2D eigenvalue weighted by Gasteiger charge is -2.18. The molecule has 1 aromatic carbocycles. The molecule has 0 aliphatic carbocycles. The number of nitrogens with one attached hydrogen (secondary N) is 2. The van der Waals surface area contributed by atoms with Gasteiger partial charge >= 0.3 is 0 Å². The van der Waals surface area contributed by atoms with E-state index in [0.717, 1.165) is 13.0 Å². The fourth-order valence-electron chi connectivity index (χ4n) is 2.18. The van der Waals surface area contributed by atoms with Crippen LogP contribution in [0.1, 0.15) is 18.9 Å². The average molecular weight is 482 g/mol. The number of aliphatic imine (C=N–C) groups is 1. The first kappa shape index (κ1) is 24.0. The molecule has 25 heavy (non-hydrogen) atoms. The number of hydrogen-bond donors (Lipinski definition) is 2. The van der Waals surface area contributed by atoms with Gasteiger partial charge in [-0.2, -0.15) is 0 Å². The van der Waals surface area contributed by atoms with E-state index in [0.29, 0.717) is 12.4 Å². The maximum Gasteiger partial charge on any atom is 0.191 e. The zero-order chi connectivity index (χ0) is 18.2. The summed E-state index contributed by atoms with van der Waals surface area (Å²) >= 11 is 0. The highest BCUT2D eigenvalue weighted by atomic mass is 127. The molecule has 0 heterocycles. The van der Waals surface area contributed by atoms with Crippen LogP contribution >= 0.6 is 24.0 Å². The Kier molecular flexibility index (Phi) is 11.1. The lowest BCUT2D eigenvalue weighted by Crippen LogP contribution is -2.43. The van der Waals surface area contributed by atoms with Crippen LogP contribution in [0.15, 0.2) is 29.3 Å². The molecule has 0 aliphatic rings. The topological polar surface area (TPSA) is 73.8 Å². The molecule has 8 heteroatoms. The summed E-state index contributed by atoms with van der Waals surface area (Å²) < 4.78 is 22.4. The first-order valence-electron chi connectivity index (χ1n) is 8.12. The highest BCUT2D eigenvalue weighted by molar-refractivity contribution is 14.0. The van der Waals surface area contributed by atoms with E-state index in [1.165, 1.54) is 17.5 Å². The van der Waals surface area contributed by atoms with Gasteiger partial charge in [0.1, 0.15) is 9.84 Å². The summed E-state index contributed by atoms with van der Waals surface area (Å²) in [6.45, 7) is 2.72. The van der Waals surface area contributed by atoms with Gasteiger partial charge in [-0.1, -0.05) is 12.1 Å². The number of hydrogen-bond acceptors (Lipinski definition) is 4. The minimum atomic E-state index is -2.93. The molecular formula is C17H31IN4O2S. The van der Waals surface area contributed by atoms with Crippen molar-refractivity contribution in [2.75, 3.05) is 44.6 Å². The van der Waals surface area contributed by atoms with Crippen LogP contribution in [0.4, 0.5) is 5.69 Å². The van der Waals surface area contributed by atoms with Gasteiger partial charge in [-0.05, 0) is 37.5 Å². The van der Waals surface area contributed by atoms with E-state index in [4.69, 9.17) is 0 Å². The Bertz CT molecular complexity index is 631. The monoisotopic (exact) mass is 482 g/mol. The van der Waals surface area contributed by atoms with Crippen molar-refractivity contribution in [2.45, 2.75) is 25.8 Å². The summed E-state index contributed by atoms with van der Waals surface area (Å²) in [6.07, 6.45) is 2.71. The molecule has 6 nitrogen and oxygen atoms in total. The summed E-state index contributed by atoms with van der Waals surface area (Å²) in [4.78, 5) is 6.25. The van der Waals surface area contributed by atoms with E-state index < -0.39 is 9.84 Å². The van der Waals surface area contributed by atoms with Crippen LogP contribution < -0.4 is 15.5 Å². The van der Waals surface area contributed by atoms with Crippen molar-refractivity contribution in [3.05, 3.63) is 29.8 Å². The predicted octanol–water partition coefficient (Wildman–Crippen LogP) is 1.90. The standard InChI is InChI=1S/C17H30N4O2S.HI/c1-14(11-13-24(5,22)23)20-17(18-2)19-12-10-15-6-8-16(9-7-15)21(3)4;/h6-9,14H,10-13H2,1-5H3,(H2,18,19,20);1H. The van der Waals surface area contributed by atoms with Gasteiger partial charge in [0.15, 0.2) is 5.96 Å². The predicted molar refractivity (Wildman–Crippen MR) is 118 cm³/mol. The fourth-order valence-corrected chi connectivity index (χ4v) is 2.96. The molecule has 0 spiro atoms. The van der Waals surface area contributed by atoms with Crippen LogP contribution in [0.3, 0.4) is 0 Å². The van der Waals surface area contributed by atoms with Gasteiger partial charge < -0.3 is 15.5 Å². The van der Waals surface area contributed by atoms with Gasteiger partial charge in [0, 0.05) is 45.7 Å². The number of anilines is 1. The Morgan fingerprint density at radius 2 is 1.84 bits per heavy atom. The number of nitrogens with zero attached hydrogens (tertiary/aromatic N) is 2. The highest BCUT2D eigenvalue weighted by Gasteiger charge is 2.09. The molecule has 144 valence electrons. The molecule has 0 saturated heterocycles. The molecule has 1 aromatic rings. The molecular weight excluding hydrogens is 451 g/mol. The number of halogens is 1. The summed E-state index contributed by atoms with van der Waals surface area (Å²) in [7, 11) is 2.83. The first-order chi connectivity index (χ1) is 11.2. The maximum absolute atomic E-state index is 11.2. The van der Waals surface area contributed by atoms with Gasteiger partial charge in [0.05, 0.1) is 5.75 Å². The Hall–Kier alpha value is -1.03. The fraction of sp³-hybridized carbons (Fsp3) is 0.588.